The van der Waals surface area contributed by atoms with Crippen molar-refractivity contribution in [1.29, 1.82) is 0 Å². The fourth-order valence-corrected chi connectivity index (χ4v) is 1.93. The minimum Gasteiger partial charge on any atom is -0.380 e. The van der Waals surface area contributed by atoms with E-state index in [0.29, 0.717) is 6.61 Å². The van der Waals surface area contributed by atoms with Gasteiger partial charge in [0.25, 0.3) is 0 Å². The highest BCUT2D eigenvalue weighted by atomic mass is 35.5. The maximum absolute atomic E-state index is 5.18. The van der Waals surface area contributed by atoms with Gasteiger partial charge in [-0.25, -0.2) is 0 Å². The van der Waals surface area contributed by atoms with Crippen LogP contribution in [-0.2, 0) is 11.3 Å². The van der Waals surface area contributed by atoms with Crippen LogP contribution in [0.25, 0.3) is 0 Å². The molecule has 0 radical (unpaired) electrons. The molecule has 1 heterocycles. The summed E-state index contributed by atoms with van der Waals surface area (Å²) >= 11 is 0. The maximum atomic E-state index is 5.18. The average Bonchev–Trinajstić information content (AvgIpc) is 2.83. The number of halogens is 1. The third kappa shape index (κ3) is 3.62. The number of nitrogens with one attached hydrogen (secondary N) is 2. The van der Waals surface area contributed by atoms with E-state index in [2.05, 4.69) is 34.7 Å². The van der Waals surface area contributed by atoms with Gasteiger partial charge in [0, 0.05) is 19.3 Å². The lowest BCUT2D eigenvalue weighted by atomic mass is 10.1. The van der Waals surface area contributed by atoms with E-state index < -0.39 is 0 Å². The Hall–Kier alpha value is -1.26. The number of hydrogen-bond donors (Lipinski definition) is 2. The van der Waals surface area contributed by atoms with Crippen molar-refractivity contribution in [3.63, 3.8) is 0 Å². The first-order valence-electron chi connectivity index (χ1n) is 5.89. The van der Waals surface area contributed by atoms with Gasteiger partial charge >= 0.3 is 0 Å². The summed E-state index contributed by atoms with van der Waals surface area (Å²) in [5.41, 5.74) is 3.61. The summed E-state index contributed by atoms with van der Waals surface area (Å²) in [6.07, 6.45) is 0. The van der Waals surface area contributed by atoms with Gasteiger partial charge in [-0.05, 0) is 24.1 Å². The van der Waals surface area contributed by atoms with Crippen LogP contribution in [0.4, 0.5) is 5.69 Å². The predicted octanol–water partition coefficient (Wildman–Crippen LogP) is 1.98. The van der Waals surface area contributed by atoms with Crippen LogP contribution >= 0.6 is 12.4 Å². The molecule has 1 aromatic carbocycles. The molecule has 0 saturated heterocycles. The normalized spacial score (nSPS) is 13.6. The highest BCUT2D eigenvalue weighted by molar-refractivity contribution is 5.87. The Morgan fingerprint density at radius 1 is 1.44 bits per heavy atom. The topological polar surface area (TPSA) is 45.6 Å². The molecule has 0 fully saturated rings. The van der Waals surface area contributed by atoms with E-state index in [-0.39, 0.29) is 12.4 Å². The van der Waals surface area contributed by atoms with Crippen molar-refractivity contribution in [2.24, 2.45) is 4.99 Å². The Morgan fingerprint density at radius 3 is 2.94 bits per heavy atom. The largest absolute Gasteiger partial charge is 0.380 e. The number of aliphatic imine (C=N–C) groups is 1. The second-order valence-electron chi connectivity index (χ2n) is 4.13. The van der Waals surface area contributed by atoms with Crippen LogP contribution in [0.15, 0.2) is 23.2 Å². The number of hydrogen-bond acceptors (Lipinski definition) is 4. The quantitative estimate of drug-likeness (QED) is 0.859. The number of amidine groups is 1. The first-order chi connectivity index (χ1) is 8.31. The molecule has 0 unspecified atom stereocenters. The molecule has 18 heavy (non-hydrogen) atoms. The molecule has 1 aliphatic heterocycles. The molecule has 0 aliphatic carbocycles. The van der Waals surface area contributed by atoms with Crippen molar-refractivity contribution in [3.8, 4) is 0 Å². The summed E-state index contributed by atoms with van der Waals surface area (Å²) in [6, 6.07) is 6.23. The standard InChI is InChI=1S/C13H19N3O.ClH/c1-10-11(9-17-2)4-3-5-12(10)16-8-13-14-6-7-15-13;/h3-5,16H,6-9H2,1-2H3,(H,14,15);1H. The molecule has 0 spiro atoms. The first kappa shape index (κ1) is 14.8. The summed E-state index contributed by atoms with van der Waals surface area (Å²) in [4.78, 5) is 4.36. The van der Waals surface area contributed by atoms with Crippen molar-refractivity contribution >= 4 is 23.9 Å². The Bertz CT molecular complexity index is 421. The van der Waals surface area contributed by atoms with Crippen molar-refractivity contribution in [1.82, 2.24) is 5.32 Å². The smallest absolute Gasteiger partial charge is 0.116 e. The van der Waals surface area contributed by atoms with Crippen LogP contribution in [0.2, 0.25) is 0 Å². The zero-order valence-corrected chi connectivity index (χ0v) is 11.6. The molecule has 1 aromatic rings. The number of benzene rings is 1. The fraction of sp³-hybridized carbons (Fsp3) is 0.462. The Kier molecular flexibility index (Phi) is 5.95. The zero-order valence-electron chi connectivity index (χ0n) is 10.8. The third-order valence-electron chi connectivity index (χ3n) is 2.94. The van der Waals surface area contributed by atoms with Gasteiger partial charge in [0.2, 0.25) is 0 Å². The summed E-state index contributed by atoms with van der Waals surface area (Å²) in [6.45, 7) is 5.37. The second-order valence-corrected chi connectivity index (χ2v) is 4.13. The van der Waals surface area contributed by atoms with Crippen LogP contribution in [0.5, 0.6) is 0 Å². The second kappa shape index (κ2) is 7.24. The zero-order chi connectivity index (χ0) is 12.1. The number of anilines is 1. The third-order valence-corrected chi connectivity index (χ3v) is 2.94. The lowest BCUT2D eigenvalue weighted by Crippen LogP contribution is -2.26. The summed E-state index contributed by atoms with van der Waals surface area (Å²) in [7, 11) is 1.72. The predicted molar refractivity (Wildman–Crippen MR) is 77.9 cm³/mol. The summed E-state index contributed by atoms with van der Waals surface area (Å²) in [5, 5.41) is 6.65. The maximum Gasteiger partial charge on any atom is 0.116 e. The molecule has 4 nitrogen and oxygen atoms in total. The lowest BCUT2D eigenvalue weighted by Gasteiger charge is -2.13. The van der Waals surface area contributed by atoms with Crippen molar-refractivity contribution in [2.75, 3.05) is 32.1 Å². The summed E-state index contributed by atoms with van der Waals surface area (Å²) in [5.74, 6) is 1.04. The number of ether oxygens (including phenoxy) is 1. The molecule has 0 amide bonds. The summed E-state index contributed by atoms with van der Waals surface area (Å²) < 4.78 is 5.18. The highest BCUT2D eigenvalue weighted by Crippen LogP contribution is 2.19. The van der Waals surface area contributed by atoms with Crippen LogP contribution in [0.1, 0.15) is 11.1 Å². The number of nitrogens with zero attached hydrogens (tertiary/aromatic N) is 1. The molecule has 1 aliphatic rings. The van der Waals surface area contributed by atoms with Crippen LogP contribution in [0, 0.1) is 6.92 Å². The van der Waals surface area contributed by atoms with Crippen LogP contribution < -0.4 is 10.6 Å². The lowest BCUT2D eigenvalue weighted by molar-refractivity contribution is 0.184. The Labute approximate surface area is 114 Å². The van der Waals surface area contributed by atoms with Gasteiger partial charge in [-0.1, -0.05) is 12.1 Å². The van der Waals surface area contributed by atoms with Crippen LogP contribution in [0.3, 0.4) is 0 Å². The monoisotopic (exact) mass is 269 g/mol. The Morgan fingerprint density at radius 2 is 2.28 bits per heavy atom. The Balaban J connectivity index is 0.00000162. The van der Waals surface area contributed by atoms with E-state index in [4.69, 9.17) is 4.74 Å². The van der Waals surface area contributed by atoms with E-state index in [1.807, 2.05) is 6.07 Å². The van der Waals surface area contributed by atoms with E-state index in [1.165, 1.54) is 11.1 Å². The molecular formula is C13H20ClN3O. The van der Waals surface area contributed by atoms with Gasteiger partial charge in [0.1, 0.15) is 5.84 Å². The first-order valence-corrected chi connectivity index (χ1v) is 5.89. The molecule has 100 valence electrons. The van der Waals surface area contributed by atoms with E-state index >= 15 is 0 Å². The number of methoxy groups -OCH3 is 1. The highest BCUT2D eigenvalue weighted by Gasteiger charge is 2.07. The molecular weight excluding hydrogens is 250 g/mol. The van der Waals surface area contributed by atoms with E-state index in [0.717, 1.165) is 31.2 Å². The average molecular weight is 270 g/mol. The minimum atomic E-state index is 0. The molecule has 0 bridgehead atoms. The van der Waals surface area contributed by atoms with Crippen LogP contribution in [-0.4, -0.2) is 32.6 Å². The number of rotatable bonds is 5. The van der Waals surface area contributed by atoms with Gasteiger partial charge < -0.3 is 15.4 Å². The molecule has 5 heteroatoms. The van der Waals surface area contributed by atoms with Gasteiger partial charge in [0.15, 0.2) is 0 Å². The van der Waals surface area contributed by atoms with Gasteiger partial charge in [-0.2, -0.15) is 0 Å². The van der Waals surface area contributed by atoms with E-state index in [9.17, 15) is 0 Å². The minimum absolute atomic E-state index is 0. The molecule has 2 N–H and O–H groups in total. The molecule has 0 atom stereocenters. The van der Waals surface area contributed by atoms with Crippen molar-refractivity contribution in [2.45, 2.75) is 13.5 Å². The SMILES string of the molecule is COCc1cccc(NCC2=NCCN2)c1C.Cl. The fourth-order valence-electron chi connectivity index (χ4n) is 1.93. The van der Waals surface area contributed by atoms with Gasteiger partial charge in [0.05, 0.1) is 19.7 Å². The van der Waals surface area contributed by atoms with E-state index in [1.54, 1.807) is 7.11 Å². The molecule has 0 aromatic heterocycles. The molecule has 2 rings (SSSR count). The van der Waals surface area contributed by atoms with Gasteiger partial charge in [-0.3, -0.25) is 4.99 Å². The van der Waals surface area contributed by atoms with Crippen molar-refractivity contribution < 1.29 is 4.74 Å². The van der Waals surface area contributed by atoms with Crippen molar-refractivity contribution in [3.05, 3.63) is 29.3 Å². The van der Waals surface area contributed by atoms with Gasteiger partial charge in [-0.15, -0.1) is 12.4 Å². The molecule has 0 saturated carbocycles.